The fourth-order valence-electron chi connectivity index (χ4n) is 4.93. The van der Waals surface area contributed by atoms with Crippen molar-refractivity contribution in [2.75, 3.05) is 0 Å². The van der Waals surface area contributed by atoms with Crippen molar-refractivity contribution in [2.45, 2.75) is 19.6 Å². The summed E-state index contributed by atoms with van der Waals surface area (Å²) in [5.74, 6) is 0. The predicted octanol–water partition coefficient (Wildman–Crippen LogP) is 5.04. The molecule has 0 aliphatic rings. The van der Waals surface area contributed by atoms with Gasteiger partial charge in [0.1, 0.15) is 0 Å². The van der Waals surface area contributed by atoms with Crippen LogP contribution in [-0.4, -0.2) is 38.1 Å². The third-order valence-electron chi connectivity index (χ3n) is 6.75. The second-order valence-electron chi connectivity index (χ2n) is 10.4. The lowest BCUT2D eigenvalue weighted by Gasteiger charge is -2.17. The summed E-state index contributed by atoms with van der Waals surface area (Å²) in [6, 6.07) is 33.8. The van der Waals surface area contributed by atoms with Gasteiger partial charge in [-0.15, -0.1) is 0 Å². The largest absolute Gasteiger partial charge is 0.442 e. The second kappa shape index (κ2) is 9.68. The molecular formula is C29H30O3Si4. The maximum absolute atomic E-state index is 6.17. The fourth-order valence-corrected chi connectivity index (χ4v) is 11.1. The highest BCUT2D eigenvalue weighted by molar-refractivity contribution is 6.73. The van der Waals surface area contributed by atoms with Gasteiger partial charge in [-0.2, -0.15) is 0 Å². The maximum atomic E-state index is 6.17. The topological polar surface area (TPSA) is 27.7 Å². The van der Waals surface area contributed by atoms with Crippen LogP contribution in [0.15, 0.2) is 91.0 Å². The van der Waals surface area contributed by atoms with E-state index in [2.05, 4.69) is 111 Å². The monoisotopic (exact) mass is 538 g/mol. The lowest BCUT2D eigenvalue weighted by Crippen LogP contribution is -2.30. The van der Waals surface area contributed by atoms with Gasteiger partial charge in [-0.3, -0.25) is 0 Å². The molecule has 0 saturated carbocycles. The van der Waals surface area contributed by atoms with Crippen LogP contribution in [0, 0.1) is 0 Å². The molecule has 3 nitrogen and oxygen atoms in total. The van der Waals surface area contributed by atoms with Gasteiger partial charge in [0.25, 0.3) is 20.0 Å². The van der Waals surface area contributed by atoms with Gasteiger partial charge in [-0.05, 0) is 115 Å². The van der Waals surface area contributed by atoms with Crippen LogP contribution in [0.4, 0.5) is 0 Å². The number of hydrogen-bond acceptors (Lipinski definition) is 3. The molecule has 0 N–H and O–H groups in total. The minimum absolute atomic E-state index is 0.856. The third kappa shape index (κ3) is 4.83. The summed E-state index contributed by atoms with van der Waals surface area (Å²) in [6.45, 7) is 6.61. The molecule has 0 heterocycles. The summed E-state index contributed by atoms with van der Waals surface area (Å²) in [5.41, 5.74) is 0. The fraction of sp³-hybridized carbons (Fsp3) is 0.103. The highest BCUT2D eigenvalue weighted by Crippen LogP contribution is 2.33. The number of benzene rings is 6. The van der Waals surface area contributed by atoms with Gasteiger partial charge in [-0.1, -0.05) is 54.6 Å². The van der Waals surface area contributed by atoms with Crippen molar-refractivity contribution in [3.8, 4) is 0 Å². The molecule has 0 aliphatic heterocycles. The van der Waals surface area contributed by atoms with Crippen LogP contribution < -0.4 is 5.19 Å². The average Bonchev–Trinajstić information content (AvgIpc) is 2.86. The smallest absolute Gasteiger partial charge is 0.284 e. The van der Waals surface area contributed by atoms with Gasteiger partial charge < -0.3 is 12.3 Å². The molecule has 0 bridgehead atoms. The van der Waals surface area contributed by atoms with Crippen LogP contribution in [0.25, 0.3) is 53.9 Å². The zero-order valence-electron chi connectivity index (χ0n) is 21.0. The minimum atomic E-state index is -1.48. The van der Waals surface area contributed by atoms with Gasteiger partial charge in [0.2, 0.25) is 0 Å². The Morgan fingerprint density at radius 2 is 1.08 bits per heavy atom. The summed E-state index contributed by atoms with van der Waals surface area (Å²) in [5, 5.41) is 14.3. The first-order chi connectivity index (χ1) is 17.4. The number of rotatable bonds is 7. The molecule has 0 radical (unpaired) electrons. The standard InChI is InChI=1S/C29H30O3Si4/c1-36(2,3)32-35-31-34-30-33-29-10-6-9-21-15-22-11-12-23-16-24-13-19-7-4-5-8-20(19)14-25(24)17-26(23)27(22)18-28(21)29/h4-18H,33-35H2,1-3H3. The summed E-state index contributed by atoms with van der Waals surface area (Å²) < 4.78 is 17.9. The molecule has 6 aromatic carbocycles. The van der Waals surface area contributed by atoms with E-state index >= 15 is 0 Å². The molecular weight excluding hydrogens is 509 g/mol. The van der Waals surface area contributed by atoms with Gasteiger partial charge in [0.05, 0.1) is 0 Å². The molecule has 0 aromatic heterocycles. The first-order valence-corrected chi connectivity index (χ1v) is 19.4. The Morgan fingerprint density at radius 1 is 0.500 bits per heavy atom. The van der Waals surface area contributed by atoms with Crippen LogP contribution in [0.3, 0.4) is 0 Å². The average molecular weight is 539 g/mol. The minimum Gasteiger partial charge on any atom is -0.442 e. The van der Waals surface area contributed by atoms with Crippen LogP contribution in [0.5, 0.6) is 0 Å². The SMILES string of the molecule is C[Si](C)(C)O[SiH2]O[SiH2]O[SiH2]c1cccc2cc3ccc4cc5cc6ccccc6cc5cc4c3cc12. The Hall–Kier alpha value is -2.63. The molecule has 6 aromatic rings. The first-order valence-electron chi connectivity index (χ1n) is 12.4. The normalized spacial score (nSPS) is 13.4. The Balaban J connectivity index is 1.37. The van der Waals surface area contributed by atoms with Crippen molar-refractivity contribution >= 4 is 97.1 Å². The second-order valence-corrected chi connectivity index (χ2v) is 20.6. The van der Waals surface area contributed by atoms with E-state index in [-0.39, 0.29) is 0 Å². The van der Waals surface area contributed by atoms with Gasteiger partial charge in [-0.25, -0.2) is 0 Å². The zero-order chi connectivity index (χ0) is 24.7. The van der Waals surface area contributed by atoms with Crippen molar-refractivity contribution in [1.82, 2.24) is 0 Å². The molecule has 0 spiro atoms. The molecule has 7 heteroatoms. The van der Waals surface area contributed by atoms with E-state index in [9.17, 15) is 0 Å². The van der Waals surface area contributed by atoms with E-state index < -0.39 is 38.1 Å². The van der Waals surface area contributed by atoms with E-state index in [1.807, 2.05) is 0 Å². The van der Waals surface area contributed by atoms with E-state index in [0.29, 0.717) is 0 Å². The first kappa shape index (κ1) is 23.7. The highest BCUT2D eigenvalue weighted by atomic mass is 28.4. The number of hydrogen-bond donors (Lipinski definition) is 0. The Bertz CT molecular complexity index is 1740. The van der Waals surface area contributed by atoms with E-state index in [1.165, 1.54) is 59.0 Å². The van der Waals surface area contributed by atoms with Crippen molar-refractivity contribution in [1.29, 1.82) is 0 Å². The predicted molar refractivity (Wildman–Crippen MR) is 166 cm³/mol. The van der Waals surface area contributed by atoms with Crippen molar-refractivity contribution in [2.24, 2.45) is 0 Å². The summed E-state index contributed by atoms with van der Waals surface area (Å²) in [4.78, 5) is 0. The molecule has 6 rings (SSSR count). The Kier molecular flexibility index (Phi) is 6.38. The molecule has 0 saturated heterocycles. The third-order valence-corrected chi connectivity index (χ3v) is 14.4. The maximum Gasteiger partial charge on any atom is 0.284 e. The van der Waals surface area contributed by atoms with Gasteiger partial charge in [0.15, 0.2) is 18.1 Å². The van der Waals surface area contributed by atoms with Crippen LogP contribution in [-0.2, 0) is 12.3 Å². The van der Waals surface area contributed by atoms with Crippen molar-refractivity contribution in [3.63, 3.8) is 0 Å². The summed E-state index contributed by atoms with van der Waals surface area (Å²) in [6.07, 6.45) is 0. The van der Waals surface area contributed by atoms with Crippen LogP contribution in [0.1, 0.15) is 0 Å². The van der Waals surface area contributed by atoms with Crippen molar-refractivity contribution < 1.29 is 12.3 Å². The van der Waals surface area contributed by atoms with Crippen LogP contribution in [0.2, 0.25) is 19.6 Å². The lowest BCUT2D eigenvalue weighted by atomic mass is 9.95. The number of fused-ring (bicyclic) bond motifs is 6. The quantitative estimate of drug-likeness (QED) is 0.123. The van der Waals surface area contributed by atoms with Crippen molar-refractivity contribution in [3.05, 3.63) is 91.0 Å². The van der Waals surface area contributed by atoms with Gasteiger partial charge >= 0.3 is 0 Å². The Morgan fingerprint density at radius 3 is 1.81 bits per heavy atom. The molecule has 36 heavy (non-hydrogen) atoms. The lowest BCUT2D eigenvalue weighted by molar-refractivity contribution is 0.426. The van der Waals surface area contributed by atoms with E-state index in [1.54, 1.807) is 0 Å². The summed E-state index contributed by atoms with van der Waals surface area (Å²) >= 11 is 0. The zero-order valence-corrected chi connectivity index (χ0v) is 26.2. The molecule has 180 valence electrons. The molecule has 0 atom stereocenters. The van der Waals surface area contributed by atoms with E-state index in [4.69, 9.17) is 12.3 Å². The molecule has 0 fully saturated rings. The Labute approximate surface area is 219 Å². The van der Waals surface area contributed by atoms with Gasteiger partial charge in [0, 0.05) is 0 Å². The summed E-state index contributed by atoms with van der Waals surface area (Å²) in [7, 11) is -4.20. The molecule has 0 unspecified atom stereocenters. The van der Waals surface area contributed by atoms with E-state index in [0.717, 1.165) is 0 Å². The molecule has 0 amide bonds. The molecule has 0 aliphatic carbocycles. The highest BCUT2D eigenvalue weighted by Gasteiger charge is 2.13. The van der Waals surface area contributed by atoms with Crippen LogP contribution >= 0.6 is 0 Å².